The fraction of sp³-hybridized carbons (Fsp3) is 0.357. The predicted octanol–water partition coefficient (Wildman–Crippen LogP) is 3.89. The van der Waals surface area contributed by atoms with Gasteiger partial charge in [0.25, 0.3) is 0 Å². The minimum Gasteiger partial charge on any atom is -0.301 e. The lowest BCUT2D eigenvalue weighted by atomic mass is 9.87. The average molecular weight is 303 g/mol. The molecule has 1 saturated carbocycles. The van der Waals surface area contributed by atoms with Crippen LogP contribution in [0.3, 0.4) is 0 Å². The second-order valence-corrected chi connectivity index (χ2v) is 6.68. The Morgan fingerprint density at radius 2 is 2.20 bits per heavy atom. The van der Waals surface area contributed by atoms with Crippen molar-refractivity contribution in [3.05, 3.63) is 22.9 Å². The smallest absolute Gasteiger partial charge is 0.246 e. The van der Waals surface area contributed by atoms with E-state index in [9.17, 15) is 10.1 Å². The van der Waals surface area contributed by atoms with Crippen LogP contribution in [0.15, 0.2) is 22.9 Å². The third kappa shape index (κ3) is 2.35. The third-order valence-electron chi connectivity index (χ3n) is 3.60. The SMILES string of the molecule is N#CC1(C(=O)Nc2nc(-c3cccs3)cs2)CCCC1. The molecule has 1 N–H and O–H groups in total. The van der Waals surface area contributed by atoms with Gasteiger partial charge in [-0.2, -0.15) is 5.26 Å². The Morgan fingerprint density at radius 3 is 2.85 bits per heavy atom. The van der Waals surface area contributed by atoms with Crippen molar-refractivity contribution in [3.63, 3.8) is 0 Å². The Hall–Kier alpha value is -1.71. The first kappa shape index (κ1) is 13.3. The average Bonchev–Trinajstić information content (AvgIpc) is 3.20. The molecule has 102 valence electrons. The van der Waals surface area contributed by atoms with Crippen LogP contribution in [0.2, 0.25) is 0 Å². The van der Waals surface area contributed by atoms with E-state index in [1.165, 1.54) is 11.3 Å². The van der Waals surface area contributed by atoms with E-state index in [2.05, 4.69) is 16.4 Å². The van der Waals surface area contributed by atoms with Gasteiger partial charge in [0.05, 0.1) is 16.6 Å². The van der Waals surface area contributed by atoms with Crippen molar-refractivity contribution in [3.8, 4) is 16.6 Å². The fourth-order valence-electron chi connectivity index (χ4n) is 2.45. The number of aromatic nitrogens is 1. The molecular formula is C14H13N3OS2. The summed E-state index contributed by atoms with van der Waals surface area (Å²) in [4.78, 5) is 17.8. The van der Waals surface area contributed by atoms with Gasteiger partial charge in [-0.05, 0) is 24.3 Å². The van der Waals surface area contributed by atoms with Crippen molar-refractivity contribution in [2.45, 2.75) is 25.7 Å². The van der Waals surface area contributed by atoms with E-state index in [1.807, 2.05) is 22.9 Å². The van der Waals surface area contributed by atoms with Crippen LogP contribution in [0.4, 0.5) is 5.13 Å². The highest BCUT2D eigenvalue weighted by atomic mass is 32.1. The van der Waals surface area contributed by atoms with Crippen molar-refractivity contribution < 1.29 is 4.79 Å². The van der Waals surface area contributed by atoms with Gasteiger partial charge in [0.2, 0.25) is 5.91 Å². The van der Waals surface area contributed by atoms with E-state index < -0.39 is 5.41 Å². The molecule has 0 radical (unpaired) electrons. The molecule has 1 amide bonds. The molecule has 0 aromatic carbocycles. The van der Waals surface area contributed by atoms with E-state index in [0.29, 0.717) is 18.0 Å². The lowest BCUT2D eigenvalue weighted by Crippen LogP contribution is -2.32. The second-order valence-electron chi connectivity index (χ2n) is 4.87. The summed E-state index contributed by atoms with van der Waals surface area (Å²) < 4.78 is 0. The molecule has 2 aromatic heterocycles. The summed E-state index contributed by atoms with van der Waals surface area (Å²) in [6.07, 6.45) is 3.19. The molecule has 6 heteroatoms. The number of carbonyl (C=O) groups excluding carboxylic acids is 1. The summed E-state index contributed by atoms with van der Waals surface area (Å²) in [6, 6.07) is 6.17. The second kappa shape index (κ2) is 5.35. The number of hydrogen-bond acceptors (Lipinski definition) is 5. The fourth-order valence-corrected chi connectivity index (χ4v) is 3.92. The van der Waals surface area contributed by atoms with Gasteiger partial charge in [-0.3, -0.25) is 4.79 Å². The van der Waals surface area contributed by atoms with Gasteiger partial charge in [0, 0.05) is 5.38 Å². The number of hydrogen-bond donors (Lipinski definition) is 1. The molecule has 3 rings (SSSR count). The van der Waals surface area contributed by atoms with Crippen LogP contribution in [0.25, 0.3) is 10.6 Å². The van der Waals surface area contributed by atoms with E-state index in [4.69, 9.17) is 0 Å². The van der Waals surface area contributed by atoms with E-state index >= 15 is 0 Å². The van der Waals surface area contributed by atoms with E-state index in [-0.39, 0.29) is 5.91 Å². The molecule has 1 fully saturated rings. The first-order chi connectivity index (χ1) is 9.73. The molecule has 2 heterocycles. The Morgan fingerprint density at radius 1 is 1.40 bits per heavy atom. The molecule has 0 aliphatic heterocycles. The highest BCUT2D eigenvalue weighted by molar-refractivity contribution is 7.16. The van der Waals surface area contributed by atoms with Gasteiger partial charge in [0.1, 0.15) is 5.41 Å². The highest BCUT2D eigenvalue weighted by Gasteiger charge is 2.41. The molecule has 4 nitrogen and oxygen atoms in total. The minimum absolute atomic E-state index is 0.204. The van der Waals surface area contributed by atoms with Crippen LogP contribution in [0, 0.1) is 16.7 Å². The van der Waals surface area contributed by atoms with Gasteiger partial charge >= 0.3 is 0 Å². The van der Waals surface area contributed by atoms with Crippen molar-refractivity contribution in [1.29, 1.82) is 5.26 Å². The zero-order valence-corrected chi connectivity index (χ0v) is 12.4. The maximum Gasteiger partial charge on any atom is 0.246 e. The summed E-state index contributed by atoms with van der Waals surface area (Å²) in [5.41, 5.74) is 0.0205. The first-order valence-corrected chi connectivity index (χ1v) is 8.22. The van der Waals surface area contributed by atoms with E-state index in [1.54, 1.807) is 11.3 Å². The number of nitrogens with one attached hydrogen (secondary N) is 1. The predicted molar refractivity (Wildman–Crippen MR) is 80.6 cm³/mol. The molecule has 0 saturated heterocycles. The van der Waals surface area contributed by atoms with Crippen LogP contribution in [-0.2, 0) is 4.79 Å². The van der Waals surface area contributed by atoms with Crippen molar-refractivity contribution in [2.75, 3.05) is 5.32 Å². The van der Waals surface area contributed by atoms with Crippen LogP contribution >= 0.6 is 22.7 Å². The van der Waals surface area contributed by atoms with Crippen molar-refractivity contribution >= 4 is 33.7 Å². The van der Waals surface area contributed by atoms with Crippen LogP contribution in [0.5, 0.6) is 0 Å². The maximum absolute atomic E-state index is 12.3. The Kier molecular flexibility index (Phi) is 3.55. The summed E-state index contributed by atoms with van der Waals surface area (Å²) in [7, 11) is 0. The number of nitriles is 1. The largest absolute Gasteiger partial charge is 0.301 e. The van der Waals surface area contributed by atoms with Gasteiger partial charge in [0.15, 0.2) is 5.13 Å². The number of carbonyl (C=O) groups is 1. The number of thiazole rings is 1. The van der Waals surface area contributed by atoms with Gasteiger partial charge < -0.3 is 5.32 Å². The zero-order chi connectivity index (χ0) is 14.0. The molecular weight excluding hydrogens is 290 g/mol. The lowest BCUT2D eigenvalue weighted by Gasteiger charge is -2.17. The van der Waals surface area contributed by atoms with Crippen molar-refractivity contribution in [2.24, 2.45) is 5.41 Å². The number of nitrogens with zero attached hydrogens (tertiary/aromatic N) is 2. The number of thiophene rings is 1. The van der Waals surface area contributed by atoms with Crippen LogP contribution in [0.1, 0.15) is 25.7 Å². The van der Waals surface area contributed by atoms with Crippen LogP contribution in [-0.4, -0.2) is 10.9 Å². The summed E-state index contributed by atoms with van der Waals surface area (Å²) in [5.74, 6) is -0.204. The molecule has 1 aliphatic carbocycles. The summed E-state index contributed by atoms with van der Waals surface area (Å²) in [5, 5.41) is 16.6. The molecule has 0 bridgehead atoms. The minimum atomic E-state index is -0.852. The number of amides is 1. The summed E-state index contributed by atoms with van der Waals surface area (Å²) >= 11 is 3.01. The molecule has 20 heavy (non-hydrogen) atoms. The molecule has 0 spiro atoms. The quantitative estimate of drug-likeness (QED) is 0.935. The maximum atomic E-state index is 12.3. The van der Waals surface area contributed by atoms with Crippen LogP contribution < -0.4 is 5.32 Å². The molecule has 0 atom stereocenters. The van der Waals surface area contributed by atoms with Crippen molar-refractivity contribution in [1.82, 2.24) is 4.98 Å². The molecule has 2 aromatic rings. The Labute approximate surface area is 125 Å². The Balaban J connectivity index is 1.75. The van der Waals surface area contributed by atoms with E-state index in [0.717, 1.165) is 23.4 Å². The van der Waals surface area contributed by atoms with Gasteiger partial charge in [-0.25, -0.2) is 4.98 Å². The van der Waals surface area contributed by atoms with Gasteiger partial charge in [-0.1, -0.05) is 18.9 Å². The Bertz CT molecular complexity index is 648. The molecule has 0 unspecified atom stereocenters. The lowest BCUT2D eigenvalue weighted by molar-refractivity contribution is -0.122. The normalized spacial score (nSPS) is 16.8. The number of rotatable bonds is 3. The monoisotopic (exact) mass is 303 g/mol. The van der Waals surface area contributed by atoms with Gasteiger partial charge in [-0.15, -0.1) is 22.7 Å². The number of anilines is 1. The molecule has 1 aliphatic rings. The topological polar surface area (TPSA) is 65.8 Å². The summed E-state index contributed by atoms with van der Waals surface area (Å²) in [6.45, 7) is 0. The first-order valence-electron chi connectivity index (χ1n) is 6.46. The standard InChI is InChI=1S/C14H13N3OS2/c15-9-14(5-1-2-6-14)12(18)17-13-16-10(8-20-13)11-4-3-7-19-11/h3-4,7-8H,1-2,5-6H2,(H,16,17,18). The highest BCUT2D eigenvalue weighted by Crippen LogP contribution is 2.39. The third-order valence-corrected chi connectivity index (χ3v) is 5.25. The zero-order valence-electron chi connectivity index (χ0n) is 10.8.